The highest BCUT2D eigenvalue weighted by Crippen LogP contribution is 2.26. The first-order chi connectivity index (χ1) is 16.5. The maximum atomic E-state index is 13.4. The van der Waals surface area contributed by atoms with Crippen molar-refractivity contribution in [2.45, 2.75) is 26.3 Å². The Bertz CT molecular complexity index is 1380. The van der Waals surface area contributed by atoms with Crippen LogP contribution in [-0.4, -0.2) is 28.5 Å². The Hall–Kier alpha value is -3.52. The van der Waals surface area contributed by atoms with Crippen LogP contribution in [0.1, 0.15) is 24.0 Å². The quantitative estimate of drug-likeness (QED) is 0.449. The van der Waals surface area contributed by atoms with Crippen LogP contribution in [0.2, 0.25) is 0 Å². The number of hydrogen-bond donors (Lipinski definition) is 1. The van der Waals surface area contributed by atoms with Gasteiger partial charge >= 0.3 is 0 Å². The molecule has 0 radical (unpaired) electrons. The molecule has 2 aromatic heterocycles. The minimum atomic E-state index is -0.344. The molecule has 1 amide bonds. The molecule has 1 aliphatic heterocycles. The number of nitrogens with zero attached hydrogens (tertiary/aromatic N) is 3. The molecule has 1 aliphatic rings. The second-order valence-corrected chi connectivity index (χ2v) is 9.62. The number of piperidine rings is 1. The predicted molar refractivity (Wildman–Crippen MR) is 134 cm³/mol. The number of carbonyl (C=O) groups is 1. The smallest absolute Gasteiger partial charge is 0.273 e. The van der Waals surface area contributed by atoms with Gasteiger partial charge < -0.3 is 10.2 Å². The third-order valence-corrected chi connectivity index (χ3v) is 7.09. The number of rotatable bonds is 5. The number of aryl methyl sites for hydroxylation is 1. The first kappa shape index (κ1) is 22.3. The van der Waals surface area contributed by atoms with Gasteiger partial charge in [0.1, 0.15) is 10.5 Å². The number of thiophene rings is 1. The van der Waals surface area contributed by atoms with Gasteiger partial charge in [0.2, 0.25) is 11.9 Å². The number of hydrogen-bond acceptors (Lipinski definition) is 5. The minimum Gasteiger partial charge on any atom is -0.341 e. The molecule has 3 heterocycles. The van der Waals surface area contributed by atoms with E-state index >= 15 is 0 Å². The van der Waals surface area contributed by atoms with E-state index in [1.807, 2.05) is 47.5 Å². The highest BCUT2D eigenvalue weighted by Gasteiger charge is 2.29. The molecule has 34 heavy (non-hydrogen) atoms. The Balaban J connectivity index is 1.44. The van der Waals surface area contributed by atoms with Gasteiger partial charge in [-0.25, -0.2) is 9.37 Å². The van der Waals surface area contributed by atoms with E-state index in [9.17, 15) is 14.0 Å². The largest absolute Gasteiger partial charge is 0.341 e. The summed E-state index contributed by atoms with van der Waals surface area (Å²) in [5.41, 5.74) is 3.37. The zero-order chi connectivity index (χ0) is 23.7. The summed E-state index contributed by atoms with van der Waals surface area (Å²) in [6, 6.07) is 15.8. The summed E-state index contributed by atoms with van der Waals surface area (Å²) in [5, 5.41) is 4.77. The van der Waals surface area contributed by atoms with Crippen LogP contribution < -0.4 is 15.8 Å². The Morgan fingerprint density at radius 2 is 1.91 bits per heavy atom. The van der Waals surface area contributed by atoms with Crippen LogP contribution in [0.4, 0.5) is 16.0 Å². The van der Waals surface area contributed by atoms with Crippen molar-refractivity contribution in [1.82, 2.24) is 9.55 Å². The summed E-state index contributed by atoms with van der Waals surface area (Å²) < 4.78 is 15.6. The minimum absolute atomic E-state index is 0.0616. The molecule has 0 unspecified atom stereocenters. The molecule has 1 atom stereocenters. The Morgan fingerprint density at radius 3 is 2.68 bits per heavy atom. The molecular formula is C26H25FN4O2S. The first-order valence-electron chi connectivity index (χ1n) is 11.3. The van der Waals surface area contributed by atoms with Gasteiger partial charge in [0, 0.05) is 18.8 Å². The number of carbonyl (C=O) groups excluding carboxylic acids is 1. The van der Waals surface area contributed by atoms with Gasteiger partial charge in [-0.05, 0) is 61.0 Å². The molecule has 5 rings (SSSR count). The molecular weight excluding hydrogens is 451 g/mol. The fourth-order valence-corrected chi connectivity index (χ4v) is 5.12. The molecule has 1 saturated heterocycles. The summed E-state index contributed by atoms with van der Waals surface area (Å²) in [4.78, 5) is 33.3. The van der Waals surface area contributed by atoms with Crippen LogP contribution in [0.15, 0.2) is 64.8 Å². The first-order valence-corrected chi connectivity index (χ1v) is 12.2. The number of fused-ring (bicyclic) bond motifs is 1. The van der Waals surface area contributed by atoms with Gasteiger partial charge in [-0.2, -0.15) is 0 Å². The highest BCUT2D eigenvalue weighted by molar-refractivity contribution is 7.17. The van der Waals surface area contributed by atoms with E-state index in [2.05, 4.69) is 5.32 Å². The topological polar surface area (TPSA) is 67.2 Å². The second-order valence-electron chi connectivity index (χ2n) is 8.70. The lowest BCUT2D eigenvalue weighted by atomic mass is 9.97. The molecule has 8 heteroatoms. The lowest BCUT2D eigenvalue weighted by Gasteiger charge is -2.34. The van der Waals surface area contributed by atoms with Crippen molar-refractivity contribution in [3.8, 4) is 0 Å². The summed E-state index contributed by atoms with van der Waals surface area (Å²) >= 11 is 1.40. The Kier molecular flexibility index (Phi) is 6.15. The Labute approximate surface area is 200 Å². The maximum absolute atomic E-state index is 13.4. The van der Waals surface area contributed by atoms with Gasteiger partial charge in [-0.15, -0.1) is 11.3 Å². The van der Waals surface area contributed by atoms with Crippen molar-refractivity contribution in [2.75, 3.05) is 23.3 Å². The molecule has 0 aliphatic carbocycles. The van der Waals surface area contributed by atoms with E-state index in [4.69, 9.17) is 4.98 Å². The molecule has 174 valence electrons. The summed E-state index contributed by atoms with van der Waals surface area (Å²) in [6.07, 6.45) is 1.55. The fourth-order valence-electron chi connectivity index (χ4n) is 4.34. The lowest BCUT2D eigenvalue weighted by Crippen LogP contribution is -2.43. The molecule has 6 nitrogen and oxygen atoms in total. The monoisotopic (exact) mass is 476 g/mol. The Morgan fingerprint density at radius 1 is 1.15 bits per heavy atom. The fraction of sp³-hybridized carbons (Fsp3) is 0.269. The van der Waals surface area contributed by atoms with Gasteiger partial charge in [0.15, 0.2) is 0 Å². The molecule has 4 aromatic rings. The molecule has 0 bridgehead atoms. The molecule has 1 N–H and O–H groups in total. The SMILES string of the molecule is Cc1ccc(Cn2c(N3CCC[C@@H](C(=O)Nc4ccc(F)cc4)C3)nc3ccsc3c2=O)cc1. The van der Waals surface area contributed by atoms with Gasteiger partial charge in [0.25, 0.3) is 5.56 Å². The van der Waals surface area contributed by atoms with E-state index in [0.29, 0.717) is 34.9 Å². The van der Waals surface area contributed by atoms with E-state index in [-0.39, 0.29) is 23.2 Å². The number of amides is 1. The van der Waals surface area contributed by atoms with Crippen LogP contribution in [0.3, 0.4) is 0 Å². The van der Waals surface area contributed by atoms with Gasteiger partial charge in [-0.1, -0.05) is 29.8 Å². The average molecular weight is 477 g/mol. The normalized spacial score (nSPS) is 16.1. The van der Waals surface area contributed by atoms with Gasteiger partial charge in [-0.3, -0.25) is 14.2 Å². The molecule has 0 saturated carbocycles. The summed E-state index contributed by atoms with van der Waals surface area (Å²) in [6.45, 7) is 3.63. The van der Waals surface area contributed by atoms with Crippen LogP contribution in [0.25, 0.3) is 10.2 Å². The highest BCUT2D eigenvalue weighted by atomic mass is 32.1. The number of benzene rings is 2. The van der Waals surface area contributed by atoms with E-state index < -0.39 is 0 Å². The van der Waals surface area contributed by atoms with Crippen molar-refractivity contribution in [2.24, 2.45) is 5.92 Å². The summed E-state index contributed by atoms with van der Waals surface area (Å²) in [7, 11) is 0. The van der Waals surface area contributed by atoms with Crippen LogP contribution in [0, 0.1) is 18.7 Å². The second kappa shape index (κ2) is 9.38. The molecule has 0 spiro atoms. The molecule has 2 aromatic carbocycles. The third kappa shape index (κ3) is 4.59. The van der Waals surface area contributed by atoms with E-state index in [0.717, 1.165) is 30.5 Å². The van der Waals surface area contributed by atoms with Crippen molar-refractivity contribution in [3.63, 3.8) is 0 Å². The van der Waals surface area contributed by atoms with E-state index in [1.165, 1.54) is 23.5 Å². The van der Waals surface area contributed by atoms with Crippen LogP contribution in [-0.2, 0) is 11.3 Å². The van der Waals surface area contributed by atoms with Crippen molar-refractivity contribution in [1.29, 1.82) is 0 Å². The average Bonchev–Trinajstić information content (AvgIpc) is 3.33. The predicted octanol–water partition coefficient (Wildman–Crippen LogP) is 4.81. The van der Waals surface area contributed by atoms with Gasteiger partial charge in [0.05, 0.1) is 18.0 Å². The van der Waals surface area contributed by atoms with Crippen molar-refractivity contribution >= 4 is 39.1 Å². The van der Waals surface area contributed by atoms with Crippen LogP contribution >= 0.6 is 11.3 Å². The van der Waals surface area contributed by atoms with E-state index in [1.54, 1.807) is 16.7 Å². The number of anilines is 2. The lowest BCUT2D eigenvalue weighted by molar-refractivity contribution is -0.120. The maximum Gasteiger partial charge on any atom is 0.273 e. The summed E-state index contributed by atoms with van der Waals surface area (Å²) in [5.74, 6) is -0.124. The van der Waals surface area contributed by atoms with Crippen LogP contribution in [0.5, 0.6) is 0 Å². The zero-order valence-electron chi connectivity index (χ0n) is 18.8. The third-order valence-electron chi connectivity index (χ3n) is 6.19. The number of nitrogens with one attached hydrogen (secondary N) is 1. The standard InChI is InChI=1S/C26H25FN4O2S/c1-17-4-6-18(7-5-17)15-31-25(33)23-22(12-14-34-23)29-26(31)30-13-2-3-19(16-30)24(32)28-21-10-8-20(27)9-11-21/h4-12,14,19H,2-3,13,15-16H2,1H3,(H,28,32)/t19-/m1/s1. The van der Waals surface area contributed by atoms with Crippen molar-refractivity contribution < 1.29 is 9.18 Å². The molecule has 1 fully saturated rings. The van der Waals surface area contributed by atoms with Crippen molar-refractivity contribution in [3.05, 3.63) is 87.3 Å². The zero-order valence-corrected chi connectivity index (χ0v) is 19.6. The number of aromatic nitrogens is 2. The number of halogens is 1.